The first kappa shape index (κ1) is 14.2. The highest BCUT2D eigenvalue weighted by Crippen LogP contribution is 2.17. The van der Waals surface area contributed by atoms with E-state index in [1.165, 1.54) is 0 Å². The average Bonchev–Trinajstić information content (AvgIpc) is 2.98. The third kappa shape index (κ3) is 3.43. The molecular formula is C13H19N5O2. The molecule has 7 heteroatoms. The van der Waals surface area contributed by atoms with Crippen LogP contribution in [0, 0.1) is 5.41 Å². The first-order valence-corrected chi connectivity index (χ1v) is 6.54. The molecule has 0 unspecified atom stereocenters. The number of carbonyl (C=O) groups excluding carboxylic acids is 1. The third-order valence-corrected chi connectivity index (χ3v) is 2.69. The summed E-state index contributed by atoms with van der Waals surface area (Å²) < 4.78 is 6.69. The van der Waals surface area contributed by atoms with E-state index in [1.807, 2.05) is 27.7 Å². The summed E-state index contributed by atoms with van der Waals surface area (Å²) >= 11 is 0. The van der Waals surface area contributed by atoms with Crippen LogP contribution < -0.4 is 5.32 Å². The number of nitrogens with zero attached hydrogens (tertiary/aromatic N) is 4. The van der Waals surface area contributed by atoms with Gasteiger partial charge in [-0.1, -0.05) is 32.9 Å². The Labute approximate surface area is 117 Å². The lowest BCUT2D eigenvalue weighted by molar-refractivity contribution is -0.123. The number of aryl methyl sites for hydroxylation is 1. The van der Waals surface area contributed by atoms with Crippen molar-refractivity contribution in [2.75, 3.05) is 5.32 Å². The van der Waals surface area contributed by atoms with E-state index in [9.17, 15) is 4.79 Å². The average molecular weight is 277 g/mol. The number of rotatable bonds is 4. The fraction of sp³-hybridized carbons (Fsp3) is 0.538. The summed E-state index contributed by atoms with van der Waals surface area (Å²) in [5.74, 6) is 1.12. The standard InChI is InChI=1S/C13H19N5O2/c1-5-11-16-10(17-20-11)8-18-7-9(6-14-18)15-12(19)13(2,3)4/h6-7H,5,8H2,1-4H3,(H,15,19). The van der Waals surface area contributed by atoms with Gasteiger partial charge in [0.05, 0.1) is 11.9 Å². The quantitative estimate of drug-likeness (QED) is 0.921. The Morgan fingerprint density at radius 3 is 2.80 bits per heavy atom. The van der Waals surface area contributed by atoms with E-state index in [1.54, 1.807) is 17.1 Å². The fourth-order valence-electron chi connectivity index (χ4n) is 1.48. The summed E-state index contributed by atoms with van der Waals surface area (Å²) in [5.41, 5.74) is 0.218. The van der Waals surface area contributed by atoms with Crippen molar-refractivity contribution in [1.82, 2.24) is 19.9 Å². The largest absolute Gasteiger partial charge is 0.339 e. The molecule has 0 aliphatic heterocycles. The molecule has 108 valence electrons. The Balaban J connectivity index is 2.00. The van der Waals surface area contributed by atoms with Crippen LogP contribution in [0.3, 0.4) is 0 Å². The smallest absolute Gasteiger partial charge is 0.229 e. The van der Waals surface area contributed by atoms with Crippen LogP contribution in [0.15, 0.2) is 16.9 Å². The van der Waals surface area contributed by atoms with Gasteiger partial charge in [-0.3, -0.25) is 9.48 Å². The summed E-state index contributed by atoms with van der Waals surface area (Å²) in [7, 11) is 0. The predicted molar refractivity (Wildman–Crippen MR) is 73.1 cm³/mol. The lowest BCUT2D eigenvalue weighted by atomic mass is 9.96. The van der Waals surface area contributed by atoms with Crippen LogP contribution in [0.1, 0.15) is 39.4 Å². The molecule has 20 heavy (non-hydrogen) atoms. The molecule has 0 fully saturated rings. The Bertz CT molecular complexity index is 594. The highest BCUT2D eigenvalue weighted by molar-refractivity contribution is 5.94. The second-order valence-corrected chi connectivity index (χ2v) is 5.59. The first-order valence-electron chi connectivity index (χ1n) is 6.54. The zero-order chi connectivity index (χ0) is 14.8. The topological polar surface area (TPSA) is 85.8 Å². The molecule has 0 bridgehead atoms. The maximum Gasteiger partial charge on any atom is 0.229 e. The van der Waals surface area contributed by atoms with Gasteiger partial charge in [-0.15, -0.1) is 0 Å². The molecule has 2 aromatic rings. The molecule has 0 atom stereocenters. The van der Waals surface area contributed by atoms with Crippen molar-refractivity contribution in [2.45, 2.75) is 40.7 Å². The van der Waals surface area contributed by atoms with Crippen molar-refractivity contribution in [1.29, 1.82) is 0 Å². The fourth-order valence-corrected chi connectivity index (χ4v) is 1.48. The van der Waals surface area contributed by atoms with Gasteiger partial charge in [0, 0.05) is 18.0 Å². The van der Waals surface area contributed by atoms with Gasteiger partial charge in [0.25, 0.3) is 0 Å². The Morgan fingerprint density at radius 2 is 2.20 bits per heavy atom. The van der Waals surface area contributed by atoms with Crippen LogP contribution in [-0.4, -0.2) is 25.8 Å². The Kier molecular flexibility index (Phi) is 3.87. The zero-order valence-electron chi connectivity index (χ0n) is 12.2. The van der Waals surface area contributed by atoms with Crippen LogP contribution in [0.25, 0.3) is 0 Å². The van der Waals surface area contributed by atoms with E-state index in [0.29, 0.717) is 30.4 Å². The van der Waals surface area contributed by atoms with Gasteiger partial charge >= 0.3 is 0 Å². The van der Waals surface area contributed by atoms with Gasteiger partial charge in [0.15, 0.2) is 5.82 Å². The first-order chi connectivity index (χ1) is 9.38. The van der Waals surface area contributed by atoms with Gasteiger partial charge in [-0.2, -0.15) is 10.1 Å². The molecule has 7 nitrogen and oxygen atoms in total. The molecule has 2 heterocycles. The minimum atomic E-state index is -0.439. The molecule has 0 aliphatic carbocycles. The summed E-state index contributed by atoms with van der Waals surface area (Å²) in [6, 6.07) is 0. The molecular weight excluding hydrogens is 258 g/mol. The van der Waals surface area contributed by atoms with E-state index in [2.05, 4.69) is 20.6 Å². The molecule has 0 radical (unpaired) electrons. The molecule has 1 amide bonds. The molecule has 2 aromatic heterocycles. The minimum Gasteiger partial charge on any atom is -0.339 e. The minimum absolute atomic E-state index is 0.0510. The van der Waals surface area contributed by atoms with E-state index in [-0.39, 0.29) is 5.91 Å². The van der Waals surface area contributed by atoms with Crippen LogP contribution in [0.4, 0.5) is 5.69 Å². The number of amides is 1. The van der Waals surface area contributed by atoms with Crippen molar-refractivity contribution < 1.29 is 9.32 Å². The van der Waals surface area contributed by atoms with E-state index < -0.39 is 5.41 Å². The van der Waals surface area contributed by atoms with E-state index in [4.69, 9.17) is 4.52 Å². The summed E-state index contributed by atoms with van der Waals surface area (Å²) in [4.78, 5) is 16.1. The molecule has 0 spiro atoms. The lowest BCUT2D eigenvalue weighted by Gasteiger charge is -2.16. The van der Waals surface area contributed by atoms with Crippen LogP contribution in [-0.2, 0) is 17.8 Å². The Morgan fingerprint density at radius 1 is 1.45 bits per heavy atom. The molecule has 2 rings (SSSR count). The number of aromatic nitrogens is 4. The number of carbonyl (C=O) groups is 1. The van der Waals surface area contributed by atoms with Gasteiger partial charge in [-0.25, -0.2) is 0 Å². The monoisotopic (exact) mass is 277 g/mol. The van der Waals surface area contributed by atoms with Crippen molar-refractivity contribution in [2.24, 2.45) is 5.41 Å². The maximum atomic E-state index is 11.9. The highest BCUT2D eigenvalue weighted by Gasteiger charge is 2.21. The molecule has 0 saturated carbocycles. The SMILES string of the molecule is CCc1nc(Cn2cc(NC(=O)C(C)(C)C)cn2)no1. The number of nitrogens with one attached hydrogen (secondary N) is 1. The third-order valence-electron chi connectivity index (χ3n) is 2.69. The van der Waals surface area contributed by atoms with E-state index in [0.717, 1.165) is 0 Å². The van der Waals surface area contributed by atoms with Crippen molar-refractivity contribution in [3.8, 4) is 0 Å². The van der Waals surface area contributed by atoms with Crippen molar-refractivity contribution in [3.05, 3.63) is 24.1 Å². The van der Waals surface area contributed by atoms with Gasteiger partial charge < -0.3 is 9.84 Å². The molecule has 0 aromatic carbocycles. The molecule has 0 saturated heterocycles. The number of hydrogen-bond donors (Lipinski definition) is 1. The molecule has 1 N–H and O–H groups in total. The van der Waals surface area contributed by atoms with Gasteiger partial charge in [0.1, 0.15) is 6.54 Å². The number of hydrogen-bond acceptors (Lipinski definition) is 5. The Hall–Kier alpha value is -2.18. The zero-order valence-corrected chi connectivity index (χ0v) is 12.2. The second-order valence-electron chi connectivity index (χ2n) is 5.59. The number of anilines is 1. The normalized spacial score (nSPS) is 11.6. The van der Waals surface area contributed by atoms with Crippen molar-refractivity contribution in [3.63, 3.8) is 0 Å². The van der Waals surface area contributed by atoms with Crippen LogP contribution >= 0.6 is 0 Å². The summed E-state index contributed by atoms with van der Waals surface area (Å²) in [6.07, 6.45) is 4.05. The van der Waals surface area contributed by atoms with Crippen molar-refractivity contribution >= 4 is 11.6 Å². The van der Waals surface area contributed by atoms with Crippen LogP contribution in [0.2, 0.25) is 0 Å². The van der Waals surface area contributed by atoms with Gasteiger partial charge in [-0.05, 0) is 0 Å². The lowest BCUT2D eigenvalue weighted by Crippen LogP contribution is -2.27. The van der Waals surface area contributed by atoms with Crippen LogP contribution in [0.5, 0.6) is 0 Å². The predicted octanol–water partition coefficient (Wildman–Crippen LogP) is 1.86. The summed E-state index contributed by atoms with van der Waals surface area (Å²) in [6.45, 7) is 7.94. The summed E-state index contributed by atoms with van der Waals surface area (Å²) in [5, 5.41) is 10.8. The maximum absolute atomic E-state index is 11.9. The second kappa shape index (κ2) is 5.44. The highest BCUT2D eigenvalue weighted by atomic mass is 16.5. The van der Waals surface area contributed by atoms with Gasteiger partial charge in [0.2, 0.25) is 11.8 Å². The molecule has 0 aliphatic rings. The van der Waals surface area contributed by atoms with E-state index >= 15 is 0 Å².